The number of anilines is 1. The van der Waals surface area contributed by atoms with E-state index in [1.165, 1.54) is 0 Å². The fourth-order valence-electron chi connectivity index (χ4n) is 3.28. The van der Waals surface area contributed by atoms with Gasteiger partial charge in [-0.2, -0.15) is 0 Å². The van der Waals surface area contributed by atoms with Crippen LogP contribution in [0.1, 0.15) is 41.2 Å². The van der Waals surface area contributed by atoms with Gasteiger partial charge >= 0.3 is 0 Å². The van der Waals surface area contributed by atoms with Crippen molar-refractivity contribution in [3.8, 4) is 11.6 Å². The van der Waals surface area contributed by atoms with Gasteiger partial charge in [0.2, 0.25) is 11.8 Å². The van der Waals surface area contributed by atoms with Crippen LogP contribution in [0.4, 0.5) is 5.69 Å². The standard InChI is InChI=1S/C23H21N3O3/c27-21-8-4-7-20(26-21)16-9-11-17(12-10-16)23(28)25-18-13-14-24-22(15-18)29-19-5-2-1-3-6-19/h1-3,5-6,9-15,20H,4,7-8H2,(H,26,27)(H,24,25,28). The van der Waals surface area contributed by atoms with Crippen molar-refractivity contribution in [1.82, 2.24) is 10.3 Å². The summed E-state index contributed by atoms with van der Waals surface area (Å²) in [6.07, 6.45) is 3.97. The molecule has 0 bridgehead atoms. The van der Waals surface area contributed by atoms with Gasteiger partial charge in [0, 0.05) is 29.9 Å². The quantitative estimate of drug-likeness (QED) is 0.677. The van der Waals surface area contributed by atoms with Crippen LogP contribution in [0.15, 0.2) is 72.9 Å². The fraction of sp³-hybridized carbons (Fsp3) is 0.174. The van der Waals surface area contributed by atoms with Gasteiger partial charge in [0.1, 0.15) is 5.75 Å². The molecule has 4 rings (SSSR count). The van der Waals surface area contributed by atoms with Crippen molar-refractivity contribution in [3.05, 3.63) is 84.1 Å². The maximum absolute atomic E-state index is 12.6. The van der Waals surface area contributed by atoms with Crippen LogP contribution in [0.2, 0.25) is 0 Å². The Morgan fingerprint density at radius 1 is 1.07 bits per heavy atom. The number of piperidine rings is 1. The van der Waals surface area contributed by atoms with Crippen LogP contribution in [-0.4, -0.2) is 16.8 Å². The molecular formula is C23H21N3O3. The predicted molar refractivity (Wildman–Crippen MR) is 110 cm³/mol. The Hall–Kier alpha value is -3.67. The molecule has 1 fully saturated rings. The van der Waals surface area contributed by atoms with Crippen LogP contribution < -0.4 is 15.4 Å². The molecule has 2 N–H and O–H groups in total. The molecule has 0 radical (unpaired) electrons. The third kappa shape index (κ3) is 4.79. The highest BCUT2D eigenvalue weighted by molar-refractivity contribution is 6.04. The van der Waals surface area contributed by atoms with Crippen LogP contribution in [0.5, 0.6) is 11.6 Å². The number of aromatic nitrogens is 1. The monoisotopic (exact) mass is 387 g/mol. The van der Waals surface area contributed by atoms with Crippen molar-refractivity contribution >= 4 is 17.5 Å². The number of rotatable bonds is 5. The number of ether oxygens (including phenoxy) is 1. The Kier molecular flexibility index (Phi) is 5.52. The Labute approximate surface area is 168 Å². The Bertz CT molecular complexity index is 1000. The zero-order valence-electron chi connectivity index (χ0n) is 15.8. The van der Waals surface area contributed by atoms with E-state index in [-0.39, 0.29) is 17.9 Å². The van der Waals surface area contributed by atoms with E-state index < -0.39 is 0 Å². The summed E-state index contributed by atoms with van der Waals surface area (Å²) in [5.41, 5.74) is 2.15. The number of nitrogens with one attached hydrogen (secondary N) is 2. The number of carbonyl (C=O) groups excluding carboxylic acids is 2. The predicted octanol–water partition coefficient (Wildman–Crippen LogP) is 4.47. The molecule has 1 unspecified atom stereocenters. The third-order valence-electron chi connectivity index (χ3n) is 4.77. The maximum Gasteiger partial charge on any atom is 0.255 e. The molecular weight excluding hydrogens is 366 g/mol. The first-order valence-corrected chi connectivity index (χ1v) is 9.57. The molecule has 0 aliphatic carbocycles. The van der Waals surface area contributed by atoms with E-state index in [0.717, 1.165) is 18.4 Å². The summed E-state index contributed by atoms with van der Waals surface area (Å²) in [5, 5.41) is 5.85. The Morgan fingerprint density at radius 3 is 2.62 bits per heavy atom. The second-order valence-electron chi connectivity index (χ2n) is 6.89. The SMILES string of the molecule is O=C1CCCC(c2ccc(C(=O)Nc3ccnc(Oc4ccccc4)c3)cc2)N1. The number of amides is 2. The summed E-state index contributed by atoms with van der Waals surface area (Å²) in [7, 11) is 0. The van der Waals surface area contributed by atoms with Gasteiger partial charge in [0.05, 0.1) is 6.04 Å². The molecule has 1 aliphatic rings. The van der Waals surface area contributed by atoms with Crippen LogP contribution in [0.25, 0.3) is 0 Å². The summed E-state index contributed by atoms with van der Waals surface area (Å²) in [6.45, 7) is 0. The average Bonchev–Trinajstić information content (AvgIpc) is 2.75. The van der Waals surface area contributed by atoms with Gasteiger partial charge in [-0.05, 0) is 48.7 Å². The number of pyridine rings is 1. The molecule has 6 heteroatoms. The minimum atomic E-state index is -0.221. The van der Waals surface area contributed by atoms with E-state index >= 15 is 0 Å². The summed E-state index contributed by atoms with van der Waals surface area (Å²) in [4.78, 5) is 28.3. The summed E-state index contributed by atoms with van der Waals surface area (Å²) in [5.74, 6) is 0.932. The van der Waals surface area contributed by atoms with Gasteiger partial charge in [-0.25, -0.2) is 4.98 Å². The first-order chi connectivity index (χ1) is 14.2. The second-order valence-corrected chi connectivity index (χ2v) is 6.89. The maximum atomic E-state index is 12.6. The lowest BCUT2D eigenvalue weighted by atomic mass is 9.96. The van der Waals surface area contributed by atoms with Crippen molar-refractivity contribution in [2.75, 3.05) is 5.32 Å². The molecule has 2 amide bonds. The molecule has 1 saturated heterocycles. The van der Waals surface area contributed by atoms with Crippen molar-refractivity contribution in [2.45, 2.75) is 25.3 Å². The van der Waals surface area contributed by atoms with Gasteiger partial charge in [0.25, 0.3) is 5.91 Å². The minimum Gasteiger partial charge on any atom is -0.439 e. The lowest BCUT2D eigenvalue weighted by molar-refractivity contribution is -0.123. The van der Waals surface area contributed by atoms with E-state index in [1.807, 2.05) is 42.5 Å². The molecule has 0 saturated carbocycles. The molecule has 1 aliphatic heterocycles. The summed E-state index contributed by atoms with van der Waals surface area (Å²) < 4.78 is 5.70. The van der Waals surface area contributed by atoms with Crippen LogP contribution in [0, 0.1) is 0 Å². The first-order valence-electron chi connectivity index (χ1n) is 9.57. The topological polar surface area (TPSA) is 80.3 Å². The highest BCUT2D eigenvalue weighted by atomic mass is 16.5. The molecule has 2 aromatic carbocycles. The molecule has 0 spiro atoms. The van der Waals surface area contributed by atoms with Gasteiger partial charge in [-0.15, -0.1) is 0 Å². The van der Waals surface area contributed by atoms with E-state index in [9.17, 15) is 9.59 Å². The zero-order chi connectivity index (χ0) is 20.1. The average molecular weight is 387 g/mol. The number of nitrogens with zero attached hydrogens (tertiary/aromatic N) is 1. The van der Waals surface area contributed by atoms with Crippen molar-refractivity contribution in [3.63, 3.8) is 0 Å². The highest BCUT2D eigenvalue weighted by Crippen LogP contribution is 2.24. The van der Waals surface area contributed by atoms with Crippen molar-refractivity contribution in [2.24, 2.45) is 0 Å². The Balaban J connectivity index is 1.41. The zero-order valence-corrected chi connectivity index (χ0v) is 15.8. The van der Waals surface area contributed by atoms with E-state index in [2.05, 4.69) is 15.6 Å². The molecule has 146 valence electrons. The molecule has 29 heavy (non-hydrogen) atoms. The van der Waals surface area contributed by atoms with Crippen molar-refractivity contribution in [1.29, 1.82) is 0 Å². The summed E-state index contributed by atoms with van der Waals surface area (Å²) in [6, 6.07) is 20.1. The Morgan fingerprint density at radius 2 is 1.86 bits per heavy atom. The summed E-state index contributed by atoms with van der Waals surface area (Å²) >= 11 is 0. The van der Waals surface area contributed by atoms with Gasteiger partial charge in [-0.1, -0.05) is 30.3 Å². The highest BCUT2D eigenvalue weighted by Gasteiger charge is 2.19. The van der Waals surface area contributed by atoms with Gasteiger partial charge in [-0.3, -0.25) is 9.59 Å². The van der Waals surface area contributed by atoms with E-state index in [1.54, 1.807) is 30.5 Å². The number of benzene rings is 2. The fourth-order valence-corrected chi connectivity index (χ4v) is 3.28. The van der Waals surface area contributed by atoms with Gasteiger partial charge < -0.3 is 15.4 Å². The molecule has 1 atom stereocenters. The van der Waals surface area contributed by atoms with Crippen molar-refractivity contribution < 1.29 is 14.3 Å². The van der Waals surface area contributed by atoms with Crippen LogP contribution in [-0.2, 0) is 4.79 Å². The van der Waals surface area contributed by atoms with E-state index in [4.69, 9.17) is 4.74 Å². The normalized spacial score (nSPS) is 16.0. The molecule has 3 aromatic rings. The number of hydrogen-bond donors (Lipinski definition) is 2. The first kappa shape index (κ1) is 18.7. The second kappa shape index (κ2) is 8.56. The lowest BCUT2D eigenvalue weighted by Crippen LogP contribution is -2.32. The molecule has 6 nitrogen and oxygen atoms in total. The molecule has 1 aromatic heterocycles. The number of carbonyl (C=O) groups is 2. The third-order valence-corrected chi connectivity index (χ3v) is 4.77. The van der Waals surface area contributed by atoms with Gasteiger partial charge in [0.15, 0.2) is 0 Å². The van der Waals surface area contributed by atoms with Crippen LogP contribution >= 0.6 is 0 Å². The lowest BCUT2D eigenvalue weighted by Gasteiger charge is -2.23. The van der Waals surface area contributed by atoms with Crippen LogP contribution in [0.3, 0.4) is 0 Å². The minimum absolute atomic E-state index is 0.0197. The number of hydrogen-bond acceptors (Lipinski definition) is 4. The largest absolute Gasteiger partial charge is 0.439 e. The smallest absolute Gasteiger partial charge is 0.255 e. The van der Waals surface area contributed by atoms with E-state index in [0.29, 0.717) is 29.3 Å². The number of para-hydroxylation sites is 1. The molecule has 2 heterocycles.